The monoisotopic (exact) mass is 561 g/mol. The Balaban J connectivity index is 1.54. The second kappa shape index (κ2) is 12.9. The van der Waals surface area contributed by atoms with Crippen molar-refractivity contribution in [1.29, 1.82) is 5.41 Å². The second-order valence-electron chi connectivity index (χ2n) is 10.3. The molecule has 10 nitrogen and oxygen atoms in total. The van der Waals surface area contributed by atoms with Crippen LogP contribution in [0.3, 0.4) is 0 Å². The van der Waals surface area contributed by atoms with Gasteiger partial charge in [-0.25, -0.2) is 9.40 Å². The van der Waals surface area contributed by atoms with Crippen LogP contribution in [0, 0.1) is 18.2 Å². The number of nitrogens with one attached hydrogen (secondary N) is 3. The third-order valence-corrected chi connectivity index (χ3v) is 7.08. The number of aryl methyl sites for hydroxylation is 1. The molecule has 0 unspecified atom stereocenters. The van der Waals surface area contributed by atoms with E-state index in [4.69, 9.17) is 15.9 Å². The molecule has 216 valence electrons. The number of nitrogen functional groups attached to an aromatic ring is 1. The highest BCUT2D eigenvalue weighted by atomic mass is 19.1. The Labute approximate surface area is 239 Å². The minimum absolute atomic E-state index is 0.127. The molecule has 11 heteroatoms. The molecule has 2 heterocycles. The van der Waals surface area contributed by atoms with Gasteiger partial charge in [-0.05, 0) is 62.2 Å². The second-order valence-corrected chi connectivity index (χ2v) is 10.3. The first kappa shape index (κ1) is 29.6. The number of anilines is 1. The first-order valence-electron chi connectivity index (χ1n) is 13.3. The van der Waals surface area contributed by atoms with E-state index < -0.39 is 11.9 Å². The van der Waals surface area contributed by atoms with Gasteiger partial charge >= 0.3 is 0 Å². The predicted molar refractivity (Wildman–Crippen MR) is 155 cm³/mol. The lowest BCUT2D eigenvalue weighted by Crippen LogP contribution is -2.57. The molecule has 1 fully saturated rings. The van der Waals surface area contributed by atoms with Crippen molar-refractivity contribution in [3.05, 3.63) is 88.5 Å². The number of benzene rings is 2. The average molecular weight is 562 g/mol. The van der Waals surface area contributed by atoms with Crippen LogP contribution in [0.4, 0.5) is 10.1 Å². The van der Waals surface area contributed by atoms with Crippen LogP contribution in [0.5, 0.6) is 5.75 Å². The summed E-state index contributed by atoms with van der Waals surface area (Å²) in [7, 11) is 4.93. The largest absolute Gasteiger partial charge is 0.496 e. The quantitative estimate of drug-likeness (QED) is 0.179. The molecule has 5 N–H and O–H groups in total. The number of pyridine rings is 1. The first-order valence-corrected chi connectivity index (χ1v) is 13.3. The summed E-state index contributed by atoms with van der Waals surface area (Å²) >= 11 is 0. The number of hydrazine groups is 1. The van der Waals surface area contributed by atoms with Gasteiger partial charge in [0.15, 0.2) is 0 Å². The molecule has 1 saturated heterocycles. The molecule has 0 aliphatic carbocycles. The van der Waals surface area contributed by atoms with Crippen molar-refractivity contribution in [2.75, 3.05) is 33.5 Å². The van der Waals surface area contributed by atoms with Crippen LogP contribution in [0.1, 0.15) is 45.6 Å². The van der Waals surface area contributed by atoms with Gasteiger partial charge in [0.25, 0.3) is 11.8 Å². The number of rotatable bonds is 9. The van der Waals surface area contributed by atoms with Gasteiger partial charge in [0.05, 0.1) is 18.9 Å². The number of hydrogen-bond donors (Lipinski definition) is 4. The number of likely N-dealkylation sites (tertiary alicyclic amines) is 1. The maximum atomic E-state index is 14.8. The SMILES string of the molecule is COc1cccc(F)c1CN1C[C@H](NC(=O)c2ccc(N)c(C(=N)c3ccnc(C)c3)c2)CC[C@H]1C(=O)NN(C)C. The number of nitrogens with zero attached hydrogens (tertiary/aromatic N) is 3. The molecule has 0 bridgehead atoms. The topological polar surface area (TPSA) is 137 Å². The van der Waals surface area contributed by atoms with Crippen LogP contribution in [0.2, 0.25) is 0 Å². The number of carbonyl (C=O) groups excluding carboxylic acids is 2. The summed E-state index contributed by atoms with van der Waals surface area (Å²) in [5.41, 5.74) is 12.1. The van der Waals surface area contributed by atoms with E-state index in [1.165, 1.54) is 13.2 Å². The number of aromatic nitrogens is 1. The van der Waals surface area contributed by atoms with E-state index in [1.54, 1.807) is 67.8 Å². The Morgan fingerprint density at radius 3 is 2.66 bits per heavy atom. The molecule has 1 aliphatic heterocycles. The number of methoxy groups -OCH3 is 1. The molecule has 2 aromatic carbocycles. The van der Waals surface area contributed by atoms with Gasteiger partial charge in [-0.2, -0.15) is 0 Å². The van der Waals surface area contributed by atoms with Crippen LogP contribution in [0.15, 0.2) is 54.7 Å². The highest BCUT2D eigenvalue weighted by Gasteiger charge is 2.35. The summed E-state index contributed by atoms with van der Waals surface area (Å²) < 4.78 is 20.2. The summed E-state index contributed by atoms with van der Waals surface area (Å²) in [6, 6.07) is 12.2. The van der Waals surface area contributed by atoms with Crippen LogP contribution in [0.25, 0.3) is 0 Å². The molecule has 0 radical (unpaired) electrons. The molecule has 0 saturated carbocycles. The average Bonchev–Trinajstić information content (AvgIpc) is 2.93. The molecule has 3 aromatic rings. The fourth-order valence-electron chi connectivity index (χ4n) is 5.05. The maximum absolute atomic E-state index is 14.8. The third-order valence-electron chi connectivity index (χ3n) is 7.08. The van der Waals surface area contributed by atoms with E-state index in [1.807, 2.05) is 11.8 Å². The van der Waals surface area contributed by atoms with Crippen molar-refractivity contribution in [2.24, 2.45) is 0 Å². The summed E-state index contributed by atoms with van der Waals surface area (Å²) in [6.07, 6.45) is 2.64. The van der Waals surface area contributed by atoms with Crippen LogP contribution < -0.4 is 21.2 Å². The standard InChI is InChI=1S/C30H36FN7O3/c1-18-14-19(12-13-34-18)28(33)22-15-20(8-10-25(22)32)29(39)35-21-9-11-26(30(40)36-37(2)3)38(16-21)17-23-24(31)6-5-7-27(23)41-4/h5-8,10,12-15,21,26,33H,9,11,16-17,32H2,1-4H3,(H,35,39)(H,36,40)/t21-,26+/m1/s1. The van der Waals surface area contributed by atoms with E-state index in [9.17, 15) is 14.0 Å². The minimum Gasteiger partial charge on any atom is -0.496 e. The zero-order valence-electron chi connectivity index (χ0n) is 23.7. The van der Waals surface area contributed by atoms with Gasteiger partial charge in [0.2, 0.25) is 0 Å². The number of ether oxygens (including phenoxy) is 1. The molecule has 4 rings (SSSR count). The molecular weight excluding hydrogens is 525 g/mol. The van der Waals surface area contributed by atoms with Crippen molar-refractivity contribution in [3.63, 3.8) is 0 Å². The van der Waals surface area contributed by atoms with Gasteiger partial charge in [-0.15, -0.1) is 0 Å². The van der Waals surface area contributed by atoms with Gasteiger partial charge in [-0.3, -0.25) is 30.3 Å². The van der Waals surface area contributed by atoms with E-state index in [0.717, 1.165) is 5.69 Å². The number of carbonyl (C=O) groups is 2. The molecule has 1 aromatic heterocycles. The van der Waals surface area contributed by atoms with Crippen molar-refractivity contribution in [3.8, 4) is 5.75 Å². The number of hydrogen-bond acceptors (Lipinski definition) is 8. The molecule has 2 atom stereocenters. The van der Waals surface area contributed by atoms with E-state index in [-0.39, 0.29) is 30.1 Å². The molecule has 0 spiro atoms. The van der Waals surface area contributed by atoms with Crippen LogP contribution in [-0.2, 0) is 11.3 Å². The fourth-order valence-corrected chi connectivity index (χ4v) is 5.05. The number of piperidine rings is 1. The Hall–Kier alpha value is -4.35. The smallest absolute Gasteiger partial charge is 0.251 e. The molecule has 2 amide bonds. The summed E-state index contributed by atoms with van der Waals surface area (Å²) in [5, 5.41) is 13.3. The van der Waals surface area contributed by atoms with Crippen LogP contribution in [-0.4, -0.2) is 72.3 Å². The Morgan fingerprint density at radius 1 is 1.17 bits per heavy atom. The maximum Gasteiger partial charge on any atom is 0.251 e. The summed E-state index contributed by atoms with van der Waals surface area (Å²) in [5.74, 6) is -0.564. The van der Waals surface area contributed by atoms with Crippen molar-refractivity contribution < 1.29 is 18.7 Å². The zero-order chi connectivity index (χ0) is 29.7. The van der Waals surface area contributed by atoms with Gasteiger partial charge in [-0.1, -0.05) is 6.07 Å². The van der Waals surface area contributed by atoms with Gasteiger partial charge in [0, 0.05) is 73.1 Å². The van der Waals surface area contributed by atoms with E-state index in [2.05, 4.69) is 15.7 Å². The fraction of sp³-hybridized carbons (Fsp3) is 0.333. The lowest BCUT2D eigenvalue weighted by atomic mass is 9.95. The van der Waals surface area contributed by atoms with Gasteiger partial charge in [0.1, 0.15) is 11.6 Å². The minimum atomic E-state index is -0.526. The lowest BCUT2D eigenvalue weighted by molar-refractivity contribution is -0.132. The van der Waals surface area contributed by atoms with Crippen molar-refractivity contribution in [2.45, 2.75) is 38.4 Å². The third kappa shape index (κ3) is 7.05. The van der Waals surface area contributed by atoms with Crippen molar-refractivity contribution >= 4 is 23.2 Å². The molecule has 1 aliphatic rings. The highest BCUT2D eigenvalue weighted by Crippen LogP contribution is 2.27. The number of halogens is 1. The Bertz CT molecular complexity index is 1450. The van der Waals surface area contributed by atoms with E-state index in [0.29, 0.717) is 53.1 Å². The van der Waals surface area contributed by atoms with E-state index >= 15 is 0 Å². The number of nitrogens with two attached hydrogens (primary N) is 1. The number of amides is 2. The van der Waals surface area contributed by atoms with Crippen LogP contribution >= 0.6 is 0 Å². The van der Waals surface area contributed by atoms with Gasteiger partial charge < -0.3 is 15.8 Å². The predicted octanol–water partition coefficient (Wildman–Crippen LogP) is 2.89. The normalized spacial score (nSPS) is 17.2. The first-order chi connectivity index (χ1) is 19.6. The summed E-state index contributed by atoms with van der Waals surface area (Å²) in [6.45, 7) is 2.29. The molecule has 41 heavy (non-hydrogen) atoms. The summed E-state index contributed by atoms with van der Waals surface area (Å²) in [4.78, 5) is 32.4. The highest BCUT2D eigenvalue weighted by molar-refractivity contribution is 6.14. The lowest BCUT2D eigenvalue weighted by Gasteiger charge is -2.39. The zero-order valence-corrected chi connectivity index (χ0v) is 23.7. The van der Waals surface area contributed by atoms with Crippen molar-refractivity contribution in [1.82, 2.24) is 25.6 Å². The molecular formula is C30H36FN7O3. The Morgan fingerprint density at radius 2 is 1.95 bits per heavy atom. The Kier molecular flexibility index (Phi) is 9.31.